The largest absolute Gasteiger partial charge is 0.323 e. The van der Waals surface area contributed by atoms with E-state index in [9.17, 15) is 4.79 Å². The van der Waals surface area contributed by atoms with E-state index in [-0.39, 0.29) is 6.03 Å². The molecule has 1 aliphatic rings. The second-order valence-corrected chi connectivity index (χ2v) is 3.55. The highest BCUT2D eigenvalue weighted by Crippen LogP contribution is 2.13. The molecule has 1 heterocycles. The Balaban J connectivity index is 2.50. The number of amides is 2. The van der Waals surface area contributed by atoms with Crippen LogP contribution in [0.2, 0.25) is 0 Å². The van der Waals surface area contributed by atoms with E-state index < -0.39 is 0 Å². The van der Waals surface area contributed by atoms with Gasteiger partial charge in [-0.1, -0.05) is 6.92 Å². The van der Waals surface area contributed by atoms with Crippen LogP contribution in [0.3, 0.4) is 0 Å². The van der Waals surface area contributed by atoms with E-state index in [1.54, 1.807) is 0 Å². The molecule has 1 unspecified atom stereocenters. The van der Waals surface area contributed by atoms with Crippen LogP contribution in [-0.4, -0.2) is 55.6 Å². The van der Waals surface area contributed by atoms with Crippen molar-refractivity contribution in [3.8, 4) is 0 Å². The highest BCUT2D eigenvalue weighted by Gasteiger charge is 2.32. The predicted molar refractivity (Wildman–Crippen MR) is 52.7 cm³/mol. The van der Waals surface area contributed by atoms with Crippen LogP contribution in [0, 0.1) is 0 Å². The van der Waals surface area contributed by atoms with Crippen molar-refractivity contribution in [2.45, 2.75) is 19.4 Å². The molecule has 0 radical (unpaired) electrons. The first kappa shape index (κ1) is 10.3. The number of nitrogens with zero attached hydrogens (tertiary/aromatic N) is 2. The van der Waals surface area contributed by atoms with Crippen molar-refractivity contribution in [1.82, 2.24) is 15.1 Å². The molecule has 1 aliphatic heterocycles. The summed E-state index contributed by atoms with van der Waals surface area (Å²) >= 11 is 0. The highest BCUT2D eigenvalue weighted by molar-refractivity contribution is 5.76. The maximum atomic E-state index is 11.6. The van der Waals surface area contributed by atoms with Crippen molar-refractivity contribution in [2.75, 3.05) is 33.7 Å². The summed E-state index contributed by atoms with van der Waals surface area (Å²) in [5.74, 6) is 0. The molecule has 1 atom stereocenters. The van der Waals surface area contributed by atoms with Gasteiger partial charge in [0, 0.05) is 26.7 Å². The minimum Gasteiger partial charge on any atom is -0.323 e. The van der Waals surface area contributed by atoms with E-state index >= 15 is 0 Å². The van der Waals surface area contributed by atoms with Crippen LogP contribution in [0.1, 0.15) is 13.3 Å². The van der Waals surface area contributed by atoms with Crippen molar-refractivity contribution in [2.24, 2.45) is 0 Å². The molecule has 4 nitrogen and oxygen atoms in total. The monoisotopic (exact) mass is 185 g/mol. The van der Waals surface area contributed by atoms with Gasteiger partial charge in [0.05, 0.1) is 6.04 Å². The topological polar surface area (TPSA) is 35.6 Å². The molecule has 0 aromatic carbocycles. The molecule has 1 fully saturated rings. The van der Waals surface area contributed by atoms with Gasteiger partial charge in [-0.2, -0.15) is 0 Å². The van der Waals surface area contributed by atoms with Crippen molar-refractivity contribution >= 4 is 6.03 Å². The van der Waals surface area contributed by atoms with Crippen LogP contribution in [0.4, 0.5) is 4.79 Å². The van der Waals surface area contributed by atoms with E-state index in [0.717, 1.165) is 26.1 Å². The average molecular weight is 185 g/mol. The maximum Gasteiger partial charge on any atom is 0.320 e. The van der Waals surface area contributed by atoms with Crippen molar-refractivity contribution in [3.63, 3.8) is 0 Å². The molecule has 4 heteroatoms. The molecular formula is C9H19N3O. The fraction of sp³-hybridized carbons (Fsp3) is 0.889. The lowest BCUT2D eigenvalue weighted by Crippen LogP contribution is -2.37. The van der Waals surface area contributed by atoms with E-state index in [0.29, 0.717) is 6.04 Å². The summed E-state index contributed by atoms with van der Waals surface area (Å²) in [6.07, 6.45) is 1.03. The Bertz CT molecular complexity index is 184. The second kappa shape index (κ2) is 4.46. The summed E-state index contributed by atoms with van der Waals surface area (Å²) in [5, 5.41) is 3.10. The van der Waals surface area contributed by atoms with Crippen molar-refractivity contribution < 1.29 is 4.79 Å². The zero-order chi connectivity index (χ0) is 9.84. The zero-order valence-electron chi connectivity index (χ0n) is 8.71. The van der Waals surface area contributed by atoms with Gasteiger partial charge in [0.2, 0.25) is 0 Å². The molecule has 2 amide bonds. The van der Waals surface area contributed by atoms with E-state index in [2.05, 4.69) is 12.2 Å². The van der Waals surface area contributed by atoms with Gasteiger partial charge in [-0.25, -0.2) is 4.79 Å². The number of nitrogens with one attached hydrogen (secondary N) is 1. The molecule has 0 aromatic heterocycles. The summed E-state index contributed by atoms with van der Waals surface area (Å²) in [7, 11) is 3.79. The van der Waals surface area contributed by atoms with Gasteiger partial charge in [-0.15, -0.1) is 0 Å². The molecule has 0 spiro atoms. The molecule has 0 aromatic rings. The Labute approximate surface area is 79.9 Å². The highest BCUT2D eigenvalue weighted by atomic mass is 16.2. The third kappa shape index (κ3) is 2.12. The van der Waals surface area contributed by atoms with Gasteiger partial charge in [-0.3, -0.25) is 0 Å². The summed E-state index contributed by atoms with van der Waals surface area (Å²) in [6.45, 7) is 4.72. The Morgan fingerprint density at radius 2 is 2.31 bits per heavy atom. The Morgan fingerprint density at radius 1 is 1.62 bits per heavy atom. The van der Waals surface area contributed by atoms with Gasteiger partial charge in [0.15, 0.2) is 0 Å². The first-order chi connectivity index (χ1) is 6.20. The lowest BCUT2D eigenvalue weighted by atomic mass is 10.3. The number of hydrogen-bond donors (Lipinski definition) is 1. The number of hydrogen-bond acceptors (Lipinski definition) is 2. The third-order valence-corrected chi connectivity index (χ3v) is 2.48. The number of rotatable bonds is 4. The summed E-state index contributed by atoms with van der Waals surface area (Å²) in [4.78, 5) is 15.3. The van der Waals surface area contributed by atoms with Gasteiger partial charge >= 0.3 is 6.03 Å². The number of carbonyl (C=O) groups is 1. The molecule has 1 rings (SSSR count). The van der Waals surface area contributed by atoms with E-state index in [1.165, 1.54) is 0 Å². The molecule has 0 aliphatic carbocycles. The standard InChI is InChI=1S/C9H19N3O/c1-4-5-12-7-8(6-10-2)11(3)9(12)13/h8,10H,4-7H2,1-3H3. The van der Waals surface area contributed by atoms with Gasteiger partial charge in [0.1, 0.15) is 0 Å². The minimum atomic E-state index is 0.169. The number of urea groups is 1. The van der Waals surface area contributed by atoms with E-state index in [1.807, 2.05) is 23.9 Å². The molecule has 0 bridgehead atoms. The zero-order valence-corrected chi connectivity index (χ0v) is 8.71. The SMILES string of the molecule is CCCN1CC(CNC)N(C)C1=O. The van der Waals surface area contributed by atoms with Crippen LogP contribution in [-0.2, 0) is 0 Å². The quantitative estimate of drug-likeness (QED) is 0.686. The van der Waals surface area contributed by atoms with Gasteiger partial charge < -0.3 is 15.1 Å². The molecule has 1 saturated heterocycles. The summed E-state index contributed by atoms with van der Waals surface area (Å²) in [5.41, 5.74) is 0. The second-order valence-electron chi connectivity index (χ2n) is 3.55. The van der Waals surface area contributed by atoms with Gasteiger partial charge in [0.25, 0.3) is 0 Å². The van der Waals surface area contributed by atoms with Crippen LogP contribution in [0.15, 0.2) is 0 Å². The van der Waals surface area contributed by atoms with Crippen LogP contribution < -0.4 is 5.32 Å². The number of likely N-dealkylation sites (N-methyl/N-ethyl adjacent to an activating group) is 2. The molecular weight excluding hydrogens is 166 g/mol. The lowest BCUT2D eigenvalue weighted by Gasteiger charge is -2.16. The Kier molecular flexibility index (Phi) is 3.54. The molecule has 13 heavy (non-hydrogen) atoms. The third-order valence-electron chi connectivity index (χ3n) is 2.48. The molecule has 0 saturated carbocycles. The first-order valence-electron chi connectivity index (χ1n) is 4.87. The fourth-order valence-electron chi connectivity index (χ4n) is 1.73. The Morgan fingerprint density at radius 3 is 2.85 bits per heavy atom. The molecule has 1 N–H and O–H groups in total. The van der Waals surface area contributed by atoms with Gasteiger partial charge in [-0.05, 0) is 13.5 Å². The first-order valence-corrected chi connectivity index (χ1v) is 4.87. The van der Waals surface area contributed by atoms with Crippen LogP contribution in [0.25, 0.3) is 0 Å². The normalized spacial score (nSPS) is 23.0. The Hall–Kier alpha value is -0.770. The lowest BCUT2D eigenvalue weighted by molar-refractivity contribution is 0.195. The van der Waals surface area contributed by atoms with Crippen molar-refractivity contribution in [3.05, 3.63) is 0 Å². The summed E-state index contributed by atoms with van der Waals surface area (Å²) in [6, 6.07) is 0.506. The fourth-order valence-corrected chi connectivity index (χ4v) is 1.73. The summed E-state index contributed by atoms with van der Waals surface area (Å²) < 4.78 is 0. The molecule has 76 valence electrons. The maximum absolute atomic E-state index is 11.6. The van der Waals surface area contributed by atoms with Crippen molar-refractivity contribution in [1.29, 1.82) is 0 Å². The van der Waals surface area contributed by atoms with Crippen LogP contribution >= 0.6 is 0 Å². The number of carbonyl (C=O) groups excluding carboxylic acids is 1. The van der Waals surface area contributed by atoms with E-state index in [4.69, 9.17) is 0 Å². The minimum absolute atomic E-state index is 0.169. The smallest absolute Gasteiger partial charge is 0.320 e. The predicted octanol–water partition coefficient (Wildman–Crippen LogP) is 0.352. The van der Waals surface area contributed by atoms with Crippen LogP contribution in [0.5, 0.6) is 0 Å². The average Bonchev–Trinajstić information content (AvgIpc) is 2.36.